The van der Waals surface area contributed by atoms with E-state index in [0.29, 0.717) is 6.42 Å². The second-order valence-corrected chi connectivity index (χ2v) is 11.1. The molecule has 0 radical (unpaired) electrons. The molecule has 0 saturated carbocycles. The Kier molecular flexibility index (Phi) is 8.66. The van der Waals surface area contributed by atoms with Crippen LogP contribution in [0.3, 0.4) is 0 Å². The summed E-state index contributed by atoms with van der Waals surface area (Å²) in [6, 6.07) is 14.7. The number of carbonyl (C=O) groups is 2. The van der Waals surface area contributed by atoms with Crippen LogP contribution < -0.4 is 14.9 Å². The fourth-order valence-corrected chi connectivity index (χ4v) is 4.64. The van der Waals surface area contributed by atoms with Gasteiger partial charge in [0.05, 0.1) is 30.6 Å². The molecular weight excluding hydrogens is 486 g/mol. The van der Waals surface area contributed by atoms with Crippen molar-refractivity contribution in [1.29, 1.82) is 0 Å². The van der Waals surface area contributed by atoms with Gasteiger partial charge in [0, 0.05) is 18.2 Å². The predicted octanol–water partition coefficient (Wildman–Crippen LogP) is 2.97. The summed E-state index contributed by atoms with van der Waals surface area (Å²) >= 11 is 1.52. The molecule has 2 amide bonds. The number of amides is 2. The Hall–Kier alpha value is -3.21. The lowest BCUT2D eigenvalue weighted by Crippen LogP contribution is -2.39. The van der Waals surface area contributed by atoms with E-state index in [1.165, 1.54) is 36.6 Å². The van der Waals surface area contributed by atoms with Crippen LogP contribution in [0.4, 0.5) is 5.69 Å². The maximum absolute atomic E-state index is 13.1. The van der Waals surface area contributed by atoms with Gasteiger partial charge in [-0.15, -0.1) is 0 Å². The van der Waals surface area contributed by atoms with Crippen molar-refractivity contribution in [3.05, 3.63) is 87.6 Å². The van der Waals surface area contributed by atoms with Crippen molar-refractivity contribution in [2.75, 3.05) is 24.2 Å². The van der Waals surface area contributed by atoms with E-state index < -0.39 is 27.9 Å². The minimum Gasteiger partial charge on any atom is -0.394 e. The van der Waals surface area contributed by atoms with E-state index in [-0.39, 0.29) is 29.5 Å². The molecular formula is C25H29N3O5S2. The number of sulfonamides is 1. The minimum absolute atomic E-state index is 0.110. The SMILES string of the molecule is C[C@@H](NC(=O)c1cc(C(=O)N[C@H](CO)Cc2ccsc2)cc(N(C)S(C)(=O)=O)c1)c1ccccc1. The summed E-state index contributed by atoms with van der Waals surface area (Å²) in [5.74, 6) is -0.968. The van der Waals surface area contributed by atoms with Crippen molar-refractivity contribution in [2.24, 2.45) is 0 Å². The first-order valence-corrected chi connectivity index (χ1v) is 13.7. The van der Waals surface area contributed by atoms with Crippen LogP contribution in [-0.4, -0.2) is 51.3 Å². The number of nitrogens with one attached hydrogen (secondary N) is 2. The molecule has 3 rings (SSSR count). The van der Waals surface area contributed by atoms with Gasteiger partial charge >= 0.3 is 0 Å². The van der Waals surface area contributed by atoms with Crippen LogP contribution in [0.2, 0.25) is 0 Å². The molecule has 2 atom stereocenters. The van der Waals surface area contributed by atoms with Gasteiger partial charge in [0.1, 0.15) is 0 Å². The second-order valence-electron chi connectivity index (χ2n) is 8.29. The van der Waals surface area contributed by atoms with E-state index in [4.69, 9.17) is 0 Å². The fraction of sp³-hybridized carbons (Fsp3) is 0.280. The molecule has 0 aliphatic heterocycles. The molecule has 0 spiro atoms. The Morgan fingerprint density at radius 2 is 1.66 bits per heavy atom. The lowest BCUT2D eigenvalue weighted by atomic mass is 10.0. The van der Waals surface area contributed by atoms with Gasteiger partial charge in [0.2, 0.25) is 10.0 Å². The van der Waals surface area contributed by atoms with E-state index in [1.54, 1.807) is 0 Å². The van der Waals surface area contributed by atoms with E-state index >= 15 is 0 Å². The van der Waals surface area contributed by atoms with Gasteiger partial charge in [0.15, 0.2) is 0 Å². The fourth-order valence-electron chi connectivity index (χ4n) is 3.47. The molecule has 1 heterocycles. The summed E-state index contributed by atoms with van der Waals surface area (Å²) in [7, 11) is -2.28. The topological polar surface area (TPSA) is 116 Å². The summed E-state index contributed by atoms with van der Waals surface area (Å²) in [5, 5.41) is 19.3. The molecule has 8 nitrogen and oxygen atoms in total. The van der Waals surface area contributed by atoms with Gasteiger partial charge in [-0.05, 0) is 59.5 Å². The number of aliphatic hydroxyl groups excluding tert-OH is 1. The molecule has 0 unspecified atom stereocenters. The number of hydrogen-bond acceptors (Lipinski definition) is 6. The third-order valence-electron chi connectivity index (χ3n) is 5.57. The molecule has 0 saturated heterocycles. The Balaban J connectivity index is 1.89. The van der Waals surface area contributed by atoms with E-state index in [0.717, 1.165) is 21.7 Å². The van der Waals surface area contributed by atoms with Crippen molar-refractivity contribution < 1.29 is 23.1 Å². The van der Waals surface area contributed by atoms with Gasteiger partial charge in [-0.3, -0.25) is 13.9 Å². The highest BCUT2D eigenvalue weighted by Gasteiger charge is 2.21. The lowest BCUT2D eigenvalue weighted by Gasteiger charge is -2.21. The van der Waals surface area contributed by atoms with Gasteiger partial charge in [-0.1, -0.05) is 30.3 Å². The van der Waals surface area contributed by atoms with Crippen molar-refractivity contribution in [3.8, 4) is 0 Å². The molecule has 0 bridgehead atoms. The van der Waals surface area contributed by atoms with Crippen LogP contribution >= 0.6 is 11.3 Å². The van der Waals surface area contributed by atoms with Crippen molar-refractivity contribution in [2.45, 2.75) is 25.4 Å². The second kappa shape index (κ2) is 11.5. The van der Waals surface area contributed by atoms with Gasteiger partial charge in [-0.25, -0.2) is 8.42 Å². The van der Waals surface area contributed by atoms with E-state index in [9.17, 15) is 23.1 Å². The van der Waals surface area contributed by atoms with Crippen LogP contribution in [0.15, 0.2) is 65.4 Å². The van der Waals surface area contributed by atoms with E-state index in [2.05, 4.69) is 10.6 Å². The number of anilines is 1. The molecule has 3 N–H and O–H groups in total. The Morgan fingerprint density at radius 1 is 1.03 bits per heavy atom. The van der Waals surface area contributed by atoms with Crippen LogP contribution in [0.25, 0.3) is 0 Å². The Labute approximate surface area is 209 Å². The molecule has 0 fully saturated rings. The Bertz CT molecular complexity index is 1260. The number of benzene rings is 2. The molecule has 186 valence electrons. The zero-order valence-electron chi connectivity index (χ0n) is 19.8. The van der Waals surface area contributed by atoms with Crippen molar-refractivity contribution in [1.82, 2.24) is 10.6 Å². The highest BCUT2D eigenvalue weighted by Crippen LogP contribution is 2.22. The van der Waals surface area contributed by atoms with Crippen LogP contribution in [-0.2, 0) is 16.4 Å². The largest absolute Gasteiger partial charge is 0.394 e. The highest BCUT2D eigenvalue weighted by molar-refractivity contribution is 7.92. The van der Waals surface area contributed by atoms with Gasteiger partial charge in [-0.2, -0.15) is 11.3 Å². The first kappa shape index (κ1) is 26.4. The van der Waals surface area contributed by atoms with E-state index in [1.807, 2.05) is 54.1 Å². The highest BCUT2D eigenvalue weighted by atomic mass is 32.2. The molecule has 3 aromatic rings. The predicted molar refractivity (Wildman–Crippen MR) is 138 cm³/mol. The Morgan fingerprint density at radius 3 is 2.20 bits per heavy atom. The molecule has 0 aliphatic carbocycles. The molecule has 35 heavy (non-hydrogen) atoms. The first-order chi connectivity index (χ1) is 16.6. The average molecular weight is 516 g/mol. The number of hydrogen-bond donors (Lipinski definition) is 3. The number of carbonyl (C=O) groups excluding carboxylic acids is 2. The summed E-state index contributed by atoms with van der Waals surface area (Å²) in [5.41, 5.74) is 2.32. The van der Waals surface area contributed by atoms with Crippen molar-refractivity contribution >= 4 is 38.9 Å². The maximum Gasteiger partial charge on any atom is 0.251 e. The molecule has 1 aromatic heterocycles. The smallest absolute Gasteiger partial charge is 0.251 e. The number of thiophene rings is 1. The van der Waals surface area contributed by atoms with Crippen LogP contribution in [0.5, 0.6) is 0 Å². The van der Waals surface area contributed by atoms with Crippen LogP contribution in [0.1, 0.15) is 44.8 Å². The maximum atomic E-state index is 13.1. The quantitative estimate of drug-likeness (QED) is 0.384. The monoisotopic (exact) mass is 515 g/mol. The lowest BCUT2D eigenvalue weighted by molar-refractivity contribution is 0.0916. The van der Waals surface area contributed by atoms with Crippen molar-refractivity contribution in [3.63, 3.8) is 0 Å². The summed E-state index contributed by atoms with van der Waals surface area (Å²) in [6.45, 7) is 1.57. The van der Waals surface area contributed by atoms with Crippen LogP contribution in [0, 0.1) is 0 Å². The summed E-state index contributed by atoms with van der Waals surface area (Å²) in [6.07, 6.45) is 1.48. The normalized spacial score (nSPS) is 13.0. The summed E-state index contributed by atoms with van der Waals surface area (Å²) < 4.78 is 25.3. The van der Waals surface area contributed by atoms with Gasteiger partial charge < -0.3 is 15.7 Å². The molecule has 2 aromatic carbocycles. The molecule has 0 aliphatic rings. The number of nitrogens with zero attached hydrogens (tertiary/aromatic N) is 1. The van der Waals surface area contributed by atoms with Gasteiger partial charge in [0.25, 0.3) is 11.8 Å². The first-order valence-electron chi connectivity index (χ1n) is 11.0. The number of rotatable bonds is 10. The standard InChI is InChI=1S/C25H29N3O5S2/c1-17(19-7-5-4-6-8-19)26-24(30)20-12-21(14-23(13-20)28(2)35(3,32)33)25(31)27-22(15-29)11-18-9-10-34-16-18/h4-10,12-14,16-17,22,29H,11,15H2,1-3H3,(H,26,30)(H,27,31)/t17-,22+/m1/s1. The molecule has 10 heteroatoms. The zero-order chi connectivity index (χ0) is 25.6. The summed E-state index contributed by atoms with van der Waals surface area (Å²) in [4.78, 5) is 26.1. The third kappa shape index (κ3) is 7.14. The third-order valence-corrected chi connectivity index (χ3v) is 7.51. The minimum atomic E-state index is -3.64. The average Bonchev–Trinajstić information content (AvgIpc) is 3.35. The zero-order valence-corrected chi connectivity index (χ0v) is 21.4. The number of aliphatic hydroxyl groups is 1.